The van der Waals surface area contributed by atoms with E-state index >= 15 is 0 Å². The van der Waals surface area contributed by atoms with Gasteiger partial charge in [-0.3, -0.25) is 4.79 Å². The Labute approximate surface area is 130 Å². The van der Waals surface area contributed by atoms with Crippen molar-refractivity contribution in [2.24, 2.45) is 0 Å². The number of carbonyl (C=O) groups is 1. The van der Waals surface area contributed by atoms with Crippen LogP contribution in [0.1, 0.15) is 20.9 Å². The van der Waals surface area contributed by atoms with Gasteiger partial charge in [0.15, 0.2) is 11.4 Å². The first kappa shape index (κ1) is 15.2. The predicted octanol–water partition coefficient (Wildman–Crippen LogP) is 3.50. The van der Waals surface area contributed by atoms with Gasteiger partial charge >= 0.3 is 0 Å². The van der Waals surface area contributed by atoms with Gasteiger partial charge in [-0.2, -0.15) is 0 Å². The molecule has 0 aliphatic carbocycles. The molecule has 0 saturated carbocycles. The Kier molecular flexibility index (Phi) is 5.28. The number of benzene rings is 1. The summed E-state index contributed by atoms with van der Waals surface area (Å²) in [6.45, 7) is 1.08. The molecule has 6 heteroatoms. The number of hydrogen-bond donors (Lipinski definition) is 0. The van der Waals surface area contributed by atoms with E-state index in [-0.39, 0.29) is 0 Å². The lowest BCUT2D eigenvalue weighted by Gasteiger charge is -2.16. The second-order valence-corrected chi connectivity index (χ2v) is 6.17. The molecule has 2 aromatic rings. The highest BCUT2D eigenvalue weighted by Crippen LogP contribution is 2.27. The van der Waals surface area contributed by atoms with Crippen LogP contribution in [0.5, 0.6) is 0 Å². The first-order chi connectivity index (χ1) is 9.65. The fraction of sp³-hybridized carbons (Fsp3) is 0.286. The predicted molar refractivity (Wildman–Crippen MR) is 84.5 cm³/mol. The molecule has 0 bridgehead atoms. The zero-order valence-electron chi connectivity index (χ0n) is 11.3. The van der Waals surface area contributed by atoms with Crippen molar-refractivity contribution in [1.82, 2.24) is 4.98 Å². The maximum Gasteiger partial charge on any atom is 0.186 e. The van der Waals surface area contributed by atoms with Crippen molar-refractivity contribution in [2.75, 3.05) is 19.1 Å². The molecule has 0 radical (unpaired) electrons. The van der Waals surface area contributed by atoms with Crippen molar-refractivity contribution < 1.29 is 9.53 Å². The third kappa shape index (κ3) is 3.45. The summed E-state index contributed by atoms with van der Waals surface area (Å²) in [5.41, 5.74) is 1.87. The molecule has 1 aromatic heterocycles. The topological polar surface area (TPSA) is 42.4 Å². The zero-order chi connectivity index (χ0) is 14.5. The number of nitrogens with zero attached hydrogens (tertiary/aromatic N) is 2. The third-order valence-corrected chi connectivity index (χ3v) is 4.71. The minimum Gasteiger partial charge on any atom is -0.378 e. The van der Waals surface area contributed by atoms with Gasteiger partial charge in [-0.15, -0.1) is 0 Å². The molecule has 0 amide bonds. The second-order valence-electron chi connectivity index (χ2n) is 4.31. The van der Waals surface area contributed by atoms with Crippen molar-refractivity contribution in [3.05, 3.63) is 44.9 Å². The number of halogens is 1. The summed E-state index contributed by atoms with van der Waals surface area (Å²) in [5.74, 6) is 0. The molecule has 4 nitrogen and oxygen atoms in total. The van der Waals surface area contributed by atoms with Crippen molar-refractivity contribution in [3.63, 3.8) is 0 Å². The lowest BCUT2D eigenvalue weighted by molar-refractivity contribution is 0.112. The molecule has 0 unspecified atom stereocenters. The first-order valence-corrected chi connectivity index (χ1v) is 7.65. The van der Waals surface area contributed by atoms with Gasteiger partial charge in [0.05, 0.1) is 17.2 Å². The maximum absolute atomic E-state index is 11.0. The van der Waals surface area contributed by atoms with E-state index in [4.69, 9.17) is 4.74 Å². The molecule has 0 N–H and O–H groups in total. The SMILES string of the molecule is COCc1nc(N(C)Cc2ccccc2Br)sc1C=O. The standard InChI is InChI=1S/C14H15BrN2O2S/c1-17(7-10-5-3-4-6-11(10)15)14-16-12(9-19-2)13(8-18)20-14/h3-6,8H,7,9H2,1-2H3. The van der Waals surface area contributed by atoms with Gasteiger partial charge < -0.3 is 9.64 Å². The van der Waals surface area contributed by atoms with Crippen molar-refractivity contribution in [2.45, 2.75) is 13.2 Å². The summed E-state index contributed by atoms with van der Waals surface area (Å²) in [6.07, 6.45) is 0.835. The Hall–Kier alpha value is -1.24. The average molecular weight is 355 g/mol. The van der Waals surface area contributed by atoms with Crippen LogP contribution in [0.2, 0.25) is 0 Å². The Balaban J connectivity index is 2.19. The van der Waals surface area contributed by atoms with Gasteiger partial charge in [0.1, 0.15) is 0 Å². The summed E-state index contributed by atoms with van der Waals surface area (Å²) in [7, 11) is 3.56. The summed E-state index contributed by atoms with van der Waals surface area (Å²) in [6, 6.07) is 8.06. The van der Waals surface area contributed by atoms with E-state index in [1.54, 1.807) is 7.11 Å². The van der Waals surface area contributed by atoms with Crippen LogP contribution in [-0.2, 0) is 17.9 Å². The van der Waals surface area contributed by atoms with Crippen LogP contribution in [-0.4, -0.2) is 25.4 Å². The molecular weight excluding hydrogens is 340 g/mol. The minimum absolute atomic E-state index is 0.355. The van der Waals surface area contributed by atoms with E-state index in [1.807, 2.05) is 30.1 Å². The van der Waals surface area contributed by atoms with Crippen LogP contribution >= 0.6 is 27.3 Å². The Morgan fingerprint density at radius 3 is 2.85 bits per heavy atom. The van der Waals surface area contributed by atoms with E-state index in [2.05, 4.69) is 27.0 Å². The quantitative estimate of drug-likeness (QED) is 0.744. The van der Waals surface area contributed by atoms with Gasteiger partial charge in [-0.25, -0.2) is 4.98 Å². The van der Waals surface area contributed by atoms with Gasteiger partial charge in [-0.1, -0.05) is 45.5 Å². The molecule has 1 heterocycles. The van der Waals surface area contributed by atoms with Gasteiger partial charge in [-0.05, 0) is 11.6 Å². The molecule has 0 atom stereocenters. The zero-order valence-corrected chi connectivity index (χ0v) is 13.7. The fourth-order valence-corrected chi connectivity index (χ4v) is 3.05. The Morgan fingerprint density at radius 1 is 1.45 bits per heavy atom. The Morgan fingerprint density at radius 2 is 2.20 bits per heavy atom. The van der Waals surface area contributed by atoms with E-state index < -0.39 is 0 Å². The fourth-order valence-electron chi connectivity index (χ4n) is 1.80. The van der Waals surface area contributed by atoms with Crippen LogP contribution in [0.3, 0.4) is 0 Å². The van der Waals surface area contributed by atoms with Gasteiger partial charge in [0.25, 0.3) is 0 Å². The molecular formula is C14H15BrN2O2S. The van der Waals surface area contributed by atoms with Gasteiger partial charge in [0.2, 0.25) is 0 Å². The Bertz CT molecular complexity index is 601. The lowest BCUT2D eigenvalue weighted by Crippen LogP contribution is -2.16. The molecule has 0 fully saturated rings. The molecule has 0 aliphatic rings. The number of carbonyl (C=O) groups excluding carboxylic acids is 1. The lowest BCUT2D eigenvalue weighted by atomic mass is 10.2. The van der Waals surface area contributed by atoms with Crippen LogP contribution in [0.15, 0.2) is 28.7 Å². The number of anilines is 1. The summed E-state index contributed by atoms with van der Waals surface area (Å²) in [5, 5.41) is 0.815. The molecule has 20 heavy (non-hydrogen) atoms. The van der Waals surface area contributed by atoms with Crippen molar-refractivity contribution in [3.8, 4) is 0 Å². The van der Waals surface area contributed by atoms with E-state index in [0.717, 1.165) is 22.4 Å². The largest absolute Gasteiger partial charge is 0.378 e. The van der Waals surface area contributed by atoms with Crippen LogP contribution in [0, 0.1) is 0 Å². The third-order valence-electron chi connectivity index (χ3n) is 2.80. The number of thiazole rings is 1. The molecule has 0 spiro atoms. The molecule has 0 aliphatic heterocycles. The van der Waals surface area contributed by atoms with Crippen LogP contribution in [0.25, 0.3) is 0 Å². The monoisotopic (exact) mass is 354 g/mol. The molecule has 0 saturated heterocycles. The minimum atomic E-state index is 0.355. The highest BCUT2D eigenvalue weighted by molar-refractivity contribution is 9.10. The smallest absolute Gasteiger partial charge is 0.186 e. The highest BCUT2D eigenvalue weighted by Gasteiger charge is 2.14. The number of methoxy groups -OCH3 is 1. The van der Waals surface area contributed by atoms with E-state index in [9.17, 15) is 4.79 Å². The van der Waals surface area contributed by atoms with Crippen LogP contribution < -0.4 is 4.90 Å². The molecule has 1 aromatic carbocycles. The normalized spacial score (nSPS) is 10.6. The van der Waals surface area contributed by atoms with Crippen LogP contribution in [0.4, 0.5) is 5.13 Å². The summed E-state index contributed by atoms with van der Waals surface area (Å²) >= 11 is 4.92. The summed E-state index contributed by atoms with van der Waals surface area (Å²) in [4.78, 5) is 18.2. The van der Waals surface area contributed by atoms with E-state index in [0.29, 0.717) is 17.2 Å². The average Bonchev–Trinajstić information content (AvgIpc) is 2.85. The first-order valence-electron chi connectivity index (χ1n) is 6.04. The second kappa shape index (κ2) is 6.97. The summed E-state index contributed by atoms with van der Waals surface area (Å²) < 4.78 is 6.13. The number of ether oxygens (including phenoxy) is 1. The van der Waals surface area contributed by atoms with Gasteiger partial charge in [0, 0.05) is 25.2 Å². The number of hydrogen-bond acceptors (Lipinski definition) is 5. The van der Waals surface area contributed by atoms with E-state index in [1.165, 1.54) is 16.9 Å². The highest BCUT2D eigenvalue weighted by atomic mass is 79.9. The molecule has 2 rings (SSSR count). The van der Waals surface area contributed by atoms with Crippen molar-refractivity contribution >= 4 is 38.7 Å². The maximum atomic E-state index is 11.0. The number of aromatic nitrogens is 1. The number of rotatable bonds is 6. The number of aldehydes is 1. The molecule has 106 valence electrons. The van der Waals surface area contributed by atoms with Crippen molar-refractivity contribution in [1.29, 1.82) is 0 Å².